The molecule has 3 heteroatoms. The van der Waals surface area contributed by atoms with Crippen LogP contribution in [0.15, 0.2) is 24.3 Å². The molecule has 3 nitrogen and oxygen atoms in total. The number of ketones is 1. The first-order valence-electron chi connectivity index (χ1n) is 5.03. The van der Waals surface area contributed by atoms with E-state index in [-0.39, 0.29) is 17.7 Å². The first-order chi connectivity index (χ1) is 7.11. The van der Waals surface area contributed by atoms with Crippen LogP contribution in [0.1, 0.15) is 30.6 Å². The second-order valence-electron chi connectivity index (χ2n) is 3.88. The molecule has 78 valence electrons. The van der Waals surface area contributed by atoms with Crippen molar-refractivity contribution in [2.75, 3.05) is 4.90 Å². The zero-order chi connectivity index (χ0) is 11.0. The molecule has 0 spiro atoms. The second kappa shape index (κ2) is 3.50. The van der Waals surface area contributed by atoms with Gasteiger partial charge in [-0.25, -0.2) is 0 Å². The molecular weight excluding hydrogens is 190 g/mol. The lowest BCUT2D eigenvalue weighted by atomic mass is 9.95. The van der Waals surface area contributed by atoms with Gasteiger partial charge in [0.25, 0.3) is 0 Å². The summed E-state index contributed by atoms with van der Waals surface area (Å²) < 4.78 is 0. The molecule has 0 aliphatic carbocycles. The topological polar surface area (TPSA) is 37.4 Å². The van der Waals surface area contributed by atoms with Crippen LogP contribution in [0, 0.1) is 0 Å². The van der Waals surface area contributed by atoms with E-state index in [0.29, 0.717) is 12.0 Å². The first-order valence-corrected chi connectivity index (χ1v) is 5.03. The Morgan fingerprint density at radius 1 is 1.40 bits per heavy atom. The number of amides is 1. The van der Waals surface area contributed by atoms with Gasteiger partial charge in [0.15, 0.2) is 5.78 Å². The van der Waals surface area contributed by atoms with Crippen molar-refractivity contribution in [3.63, 3.8) is 0 Å². The standard InChI is InChI=1S/C12H13NO2/c1-8-7-12(15)10-5-3-4-6-11(10)13(8)9(2)14/h3-6,8H,7H2,1-2H3. The van der Waals surface area contributed by atoms with Gasteiger partial charge < -0.3 is 4.90 Å². The van der Waals surface area contributed by atoms with Gasteiger partial charge in [-0.05, 0) is 19.1 Å². The Hall–Kier alpha value is -1.64. The lowest BCUT2D eigenvalue weighted by molar-refractivity contribution is -0.117. The predicted octanol–water partition coefficient (Wildman–Crippen LogP) is 2.01. The molecule has 0 N–H and O–H groups in total. The highest BCUT2D eigenvalue weighted by molar-refractivity contribution is 6.08. The highest BCUT2D eigenvalue weighted by atomic mass is 16.2. The van der Waals surface area contributed by atoms with Gasteiger partial charge in [0.05, 0.1) is 5.69 Å². The van der Waals surface area contributed by atoms with Gasteiger partial charge in [0, 0.05) is 24.9 Å². The molecular formula is C12H13NO2. The fraction of sp³-hybridized carbons (Fsp3) is 0.333. The maximum Gasteiger partial charge on any atom is 0.224 e. The maximum absolute atomic E-state index is 11.7. The second-order valence-corrected chi connectivity index (χ2v) is 3.88. The van der Waals surface area contributed by atoms with E-state index >= 15 is 0 Å². The summed E-state index contributed by atoms with van der Waals surface area (Å²) >= 11 is 0. The molecule has 1 unspecified atom stereocenters. The maximum atomic E-state index is 11.7. The predicted molar refractivity (Wildman–Crippen MR) is 58.0 cm³/mol. The molecule has 1 aliphatic rings. The zero-order valence-corrected chi connectivity index (χ0v) is 8.86. The Balaban J connectivity index is 2.56. The molecule has 1 heterocycles. The summed E-state index contributed by atoms with van der Waals surface area (Å²) in [6.07, 6.45) is 0.413. The largest absolute Gasteiger partial charge is 0.309 e. The van der Waals surface area contributed by atoms with Crippen LogP contribution in [0.5, 0.6) is 0 Å². The molecule has 1 atom stereocenters. The molecule has 0 bridgehead atoms. The van der Waals surface area contributed by atoms with Gasteiger partial charge in [0.2, 0.25) is 5.91 Å². The third-order valence-corrected chi connectivity index (χ3v) is 2.72. The van der Waals surface area contributed by atoms with E-state index in [4.69, 9.17) is 0 Å². The summed E-state index contributed by atoms with van der Waals surface area (Å²) in [5, 5.41) is 0. The third-order valence-electron chi connectivity index (χ3n) is 2.72. The number of nitrogens with zero attached hydrogens (tertiary/aromatic N) is 1. The normalized spacial score (nSPS) is 20.0. The number of anilines is 1. The monoisotopic (exact) mass is 203 g/mol. The Morgan fingerprint density at radius 3 is 2.73 bits per heavy atom. The number of carbonyl (C=O) groups excluding carboxylic acids is 2. The summed E-state index contributed by atoms with van der Waals surface area (Å²) in [6, 6.07) is 7.24. The number of fused-ring (bicyclic) bond motifs is 1. The van der Waals surface area contributed by atoms with Gasteiger partial charge in [0.1, 0.15) is 0 Å². The highest BCUT2D eigenvalue weighted by Crippen LogP contribution is 2.30. The summed E-state index contributed by atoms with van der Waals surface area (Å²) in [6.45, 7) is 3.43. The van der Waals surface area contributed by atoms with Crippen LogP contribution in [-0.2, 0) is 4.79 Å². The molecule has 0 aromatic heterocycles. The quantitative estimate of drug-likeness (QED) is 0.646. The number of hydrogen-bond donors (Lipinski definition) is 0. The van der Waals surface area contributed by atoms with Gasteiger partial charge in [-0.3, -0.25) is 9.59 Å². The van der Waals surface area contributed by atoms with Crippen molar-refractivity contribution in [3.05, 3.63) is 29.8 Å². The van der Waals surface area contributed by atoms with Crippen LogP contribution >= 0.6 is 0 Å². The van der Waals surface area contributed by atoms with Crippen LogP contribution in [0.3, 0.4) is 0 Å². The molecule has 1 aliphatic heterocycles. The Morgan fingerprint density at radius 2 is 2.07 bits per heavy atom. The van der Waals surface area contributed by atoms with Crippen LogP contribution < -0.4 is 4.90 Å². The van der Waals surface area contributed by atoms with E-state index < -0.39 is 0 Å². The van der Waals surface area contributed by atoms with E-state index in [2.05, 4.69) is 0 Å². The lowest BCUT2D eigenvalue weighted by Gasteiger charge is -2.33. The van der Waals surface area contributed by atoms with Gasteiger partial charge in [-0.1, -0.05) is 12.1 Å². The summed E-state index contributed by atoms with van der Waals surface area (Å²) in [5.74, 6) is 0.109. The Labute approximate surface area is 88.7 Å². The zero-order valence-electron chi connectivity index (χ0n) is 8.86. The summed E-state index contributed by atoms with van der Waals surface area (Å²) in [7, 11) is 0. The fourth-order valence-electron chi connectivity index (χ4n) is 2.11. The van der Waals surface area contributed by atoms with Crippen molar-refractivity contribution in [2.24, 2.45) is 0 Å². The number of rotatable bonds is 0. The van der Waals surface area contributed by atoms with Crippen molar-refractivity contribution in [1.82, 2.24) is 0 Å². The number of carbonyl (C=O) groups is 2. The van der Waals surface area contributed by atoms with E-state index in [1.807, 2.05) is 25.1 Å². The number of para-hydroxylation sites is 1. The first kappa shape index (κ1) is 9.90. The lowest BCUT2D eigenvalue weighted by Crippen LogP contribution is -2.42. The summed E-state index contributed by atoms with van der Waals surface area (Å²) in [5.41, 5.74) is 1.40. The Bertz CT molecular complexity index is 425. The van der Waals surface area contributed by atoms with Crippen LogP contribution in [0.2, 0.25) is 0 Å². The highest BCUT2D eigenvalue weighted by Gasteiger charge is 2.30. The third kappa shape index (κ3) is 1.54. The van der Waals surface area contributed by atoms with Crippen LogP contribution in [0.25, 0.3) is 0 Å². The molecule has 0 fully saturated rings. The number of Topliss-reactive ketones (excluding diaryl/α,β-unsaturated/α-hetero) is 1. The van der Waals surface area contributed by atoms with E-state index in [0.717, 1.165) is 5.69 Å². The molecule has 15 heavy (non-hydrogen) atoms. The van der Waals surface area contributed by atoms with Crippen molar-refractivity contribution >= 4 is 17.4 Å². The van der Waals surface area contributed by atoms with Crippen molar-refractivity contribution in [1.29, 1.82) is 0 Å². The molecule has 2 rings (SSSR count). The van der Waals surface area contributed by atoms with Crippen LogP contribution in [0.4, 0.5) is 5.69 Å². The molecule has 0 radical (unpaired) electrons. The smallest absolute Gasteiger partial charge is 0.224 e. The van der Waals surface area contributed by atoms with Gasteiger partial charge >= 0.3 is 0 Å². The molecule has 1 aromatic rings. The molecule has 0 saturated carbocycles. The summed E-state index contributed by atoms with van der Waals surface area (Å²) in [4.78, 5) is 24.9. The van der Waals surface area contributed by atoms with E-state index in [1.165, 1.54) is 6.92 Å². The minimum absolute atomic E-state index is 0.0116. The SMILES string of the molecule is CC(=O)N1c2ccccc2C(=O)CC1C. The van der Waals surface area contributed by atoms with E-state index in [1.54, 1.807) is 11.0 Å². The van der Waals surface area contributed by atoms with Crippen molar-refractivity contribution < 1.29 is 9.59 Å². The Kier molecular flexibility index (Phi) is 2.31. The number of benzene rings is 1. The van der Waals surface area contributed by atoms with Gasteiger partial charge in [-0.15, -0.1) is 0 Å². The molecule has 0 saturated heterocycles. The van der Waals surface area contributed by atoms with Gasteiger partial charge in [-0.2, -0.15) is 0 Å². The minimum Gasteiger partial charge on any atom is -0.309 e. The number of hydrogen-bond acceptors (Lipinski definition) is 2. The van der Waals surface area contributed by atoms with Crippen molar-refractivity contribution in [2.45, 2.75) is 26.3 Å². The average Bonchev–Trinajstić information content (AvgIpc) is 2.17. The fourth-order valence-corrected chi connectivity index (χ4v) is 2.11. The average molecular weight is 203 g/mol. The minimum atomic E-state index is -0.0371. The van der Waals surface area contributed by atoms with Crippen molar-refractivity contribution in [3.8, 4) is 0 Å². The van der Waals surface area contributed by atoms with Crippen LogP contribution in [-0.4, -0.2) is 17.7 Å². The molecule has 1 aromatic carbocycles. The van der Waals surface area contributed by atoms with E-state index in [9.17, 15) is 9.59 Å². The molecule has 1 amide bonds.